The minimum atomic E-state index is -4.14. The van der Waals surface area contributed by atoms with Crippen LogP contribution in [0, 0.1) is 0 Å². The topological polar surface area (TPSA) is 57.4 Å². The monoisotopic (exact) mass is 268 g/mol. The van der Waals surface area contributed by atoms with Crippen LogP contribution in [0.4, 0.5) is 5.69 Å². The Hall–Kier alpha value is -1.20. The van der Waals surface area contributed by atoms with Gasteiger partial charge < -0.3 is 0 Å². The normalized spacial score (nSPS) is 18.1. The zero-order chi connectivity index (χ0) is 13.7. The summed E-state index contributed by atoms with van der Waals surface area (Å²) in [5, 5.41) is 0. The summed E-state index contributed by atoms with van der Waals surface area (Å²) in [5.74, 6) is 0. The first-order valence-electron chi connectivity index (χ1n) is 5.93. The summed E-state index contributed by atoms with van der Waals surface area (Å²) < 4.78 is 33.7. The zero-order valence-corrected chi connectivity index (χ0v) is 11.9. The molecule has 4 nitrogen and oxygen atoms in total. The maximum atomic E-state index is 11.2. The third kappa shape index (κ3) is 1.78. The van der Waals surface area contributed by atoms with Gasteiger partial charge in [-0.2, -0.15) is 13.0 Å². The second kappa shape index (κ2) is 3.90. The summed E-state index contributed by atoms with van der Waals surface area (Å²) in [4.78, 5) is -0.0416. The van der Waals surface area contributed by atoms with Crippen molar-refractivity contribution in [3.05, 3.63) is 23.8 Å². The summed E-state index contributed by atoms with van der Waals surface area (Å²) in [6, 6.07) is 4.79. The molecule has 0 spiro atoms. The van der Waals surface area contributed by atoms with Crippen molar-refractivity contribution < 1.29 is 17.5 Å². The quantitative estimate of drug-likeness (QED) is 0.661. The molecule has 5 heteroatoms. The molecule has 98 valence electrons. The van der Waals surface area contributed by atoms with E-state index in [1.54, 1.807) is 12.1 Å². The molecular formula is C13H18NO3S+. The first-order chi connectivity index (χ1) is 8.19. The first kappa shape index (κ1) is 13.2. The van der Waals surface area contributed by atoms with Crippen LogP contribution in [-0.4, -0.2) is 29.8 Å². The lowest BCUT2D eigenvalue weighted by atomic mass is 9.82. The van der Waals surface area contributed by atoms with Crippen LogP contribution >= 0.6 is 0 Å². The summed E-state index contributed by atoms with van der Waals surface area (Å²) >= 11 is 0. The van der Waals surface area contributed by atoms with Crippen LogP contribution in [0.25, 0.3) is 0 Å². The third-order valence-electron chi connectivity index (χ3n) is 3.86. The average Bonchev–Trinajstić information content (AvgIpc) is 2.46. The molecule has 1 N–H and O–H groups in total. The fourth-order valence-corrected chi connectivity index (χ4v) is 3.04. The zero-order valence-electron chi connectivity index (χ0n) is 11.1. The molecule has 1 aromatic carbocycles. The van der Waals surface area contributed by atoms with E-state index in [9.17, 15) is 8.42 Å². The Balaban J connectivity index is 2.71. The highest BCUT2D eigenvalue weighted by atomic mass is 32.2. The summed E-state index contributed by atoms with van der Waals surface area (Å²) in [6.07, 6.45) is 0. The van der Waals surface area contributed by atoms with Crippen molar-refractivity contribution in [3.8, 4) is 0 Å². The van der Waals surface area contributed by atoms with E-state index >= 15 is 0 Å². The van der Waals surface area contributed by atoms with Crippen LogP contribution < -0.4 is 0 Å². The molecule has 0 saturated carbocycles. The van der Waals surface area contributed by atoms with E-state index in [0.717, 1.165) is 17.8 Å². The van der Waals surface area contributed by atoms with Gasteiger partial charge in [0, 0.05) is 18.6 Å². The molecule has 18 heavy (non-hydrogen) atoms. The minimum absolute atomic E-state index is 0.0416. The van der Waals surface area contributed by atoms with E-state index in [1.807, 2.05) is 0 Å². The van der Waals surface area contributed by atoms with Gasteiger partial charge in [0.05, 0.1) is 10.3 Å². The molecule has 1 aliphatic rings. The Morgan fingerprint density at radius 2 is 1.94 bits per heavy atom. The van der Waals surface area contributed by atoms with E-state index in [-0.39, 0.29) is 10.3 Å². The molecule has 0 unspecified atom stereocenters. The SMILES string of the molecule is CC[N+]1=C(C)C(C)(C)c2cc(S(=O)(=O)O)ccc21. The van der Waals surface area contributed by atoms with Gasteiger partial charge in [0.15, 0.2) is 5.71 Å². The van der Waals surface area contributed by atoms with Crippen molar-refractivity contribution in [2.75, 3.05) is 6.54 Å². The largest absolute Gasteiger partial charge is 0.294 e. The predicted octanol–water partition coefficient (Wildman–Crippen LogP) is 2.35. The van der Waals surface area contributed by atoms with Gasteiger partial charge in [-0.3, -0.25) is 4.55 Å². The second-order valence-corrected chi connectivity index (χ2v) is 6.53. The van der Waals surface area contributed by atoms with E-state index in [0.29, 0.717) is 0 Å². The number of benzene rings is 1. The van der Waals surface area contributed by atoms with Crippen molar-refractivity contribution in [1.82, 2.24) is 0 Å². The van der Waals surface area contributed by atoms with E-state index in [2.05, 4.69) is 32.3 Å². The Morgan fingerprint density at radius 3 is 2.44 bits per heavy atom. The van der Waals surface area contributed by atoms with E-state index in [4.69, 9.17) is 4.55 Å². The average molecular weight is 268 g/mol. The Kier molecular flexibility index (Phi) is 2.87. The number of rotatable bonds is 2. The van der Waals surface area contributed by atoms with Crippen molar-refractivity contribution in [2.24, 2.45) is 0 Å². The van der Waals surface area contributed by atoms with Crippen LogP contribution in [0.5, 0.6) is 0 Å². The standard InChI is InChI=1S/C13H17NO3S/c1-5-14-9(2)13(3,4)11-8-10(18(15,16)17)6-7-12(11)14/h6-8H,5H2,1-4H3/p+1. The Bertz CT molecular complexity index is 642. The lowest BCUT2D eigenvalue weighted by Gasteiger charge is -2.15. The lowest BCUT2D eigenvalue weighted by molar-refractivity contribution is -0.434. The van der Waals surface area contributed by atoms with Gasteiger partial charge in [-0.15, -0.1) is 0 Å². The molecule has 0 aromatic heterocycles. The van der Waals surface area contributed by atoms with E-state index in [1.165, 1.54) is 11.8 Å². The minimum Gasteiger partial charge on any atom is -0.282 e. The van der Waals surface area contributed by atoms with Gasteiger partial charge in [-0.25, -0.2) is 0 Å². The van der Waals surface area contributed by atoms with Gasteiger partial charge in [0.25, 0.3) is 10.1 Å². The molecule has 0 radical (unpaired) electrons. The predicted molar refractivity (Wildman–Crippen MR) is 70.4 cm³/mol. The van der Waals surface area contributed by atoms with Crippen LogP contribution in [-0.2, 0) is 15.5 Å². The second-order valence-electron chi connectivity index (χ2n) is 5.11. The highest BCUT2D eigenvalue weighted by Crippen LogP contribution is 2.40. The van der Waals surface area contributed by atoms with Gasteiger partial charge in [0.2, 0.25) is 5.69 Å². The molecule has 0 atom stereocenters. The van der Waals surface area contributed by atoms with Crippen molar-refractivity contribution in [2.45, 2.75) is 38.0 Å². The van der Waals surface area contributed by atoms with Gasteiger partial charge in [-0.1, -0.05) is 0 Å². The number of hydrogen-bond donors (Lipinski definition) is 1. The highest BCUT2D eigenvalue weighted by molar-refractivity contribution is 7.85. The molecule has 2 rings (SSSR count). The molecule has 0 amide bonds. The molecular weight excluding hydrogens is 250 g/mol. The van der Waals surface area contributed by atoms with Crippen LogP contribution in [0.1, 0.15) is 33.3 Å². The van der Waals surface area contributed by atoms with Gasteiger partial charge >= 0.3 is 0 Å². The Labute approximate surface area is 108 Å². The first-order valence-corrected chi connectivity index (χ1v) is 7.37. The smallest absolute Gasteiger partial charge is 0.282 e. The van der Waals surface area contributed by atoms with Crippen molar-refractivity contribution in [1.29, 1.82) is 0 Å². The van der Waals surface area contributed by atoms with Crippen LogP contribution in [0.2, 0.25) is 0 Å². The highest BCUT2D eigenvalue weighted by Gasteiger charge is 2.42. The van der Waals surface area contributed by atoms with Crippen LogP contribution in [0.15, 0.2) is 23.1 Å². The number of nitrogens with zero attached hydrogens (tertiary/aromatic N) is 1. The van der Waals surface area contributed by atoms with Crippen molar-refractivity contribution in [3.63, 3.8) is 0 Å². The molecule has 0 bridgehead atoms. The summed E-state index contributed by atoms with van der Waals surface area (Å²) in [6.45, 7) is 9.07. The summed E-state index contributed by atoms with van der Waals surface area (Å²) in [5.41, 5.74) is 2.93. The lowest BCUT2D eigenvalue weighted by Crippen LogP contribution is -2.26. The summed E-state index contributed by atoms with van der Waals surface area (Å²) in [7, 11) is -4.14. The molecule has 1 heterocycles. The Morgan fingerprint density at radius 1 is 1.33 bits per heavy atom. The fourth-order valence-electron chi connectivity index (χ4n) is 2.53. The van der Waals surface area contributed by atoms with Crippen LogP contribution in [0.3, 0.4) is 0 Å². The fraction of sp³-hybridized carbons (Fsp3) is 0.462. The molecule has 1 aliphatic heterocycles. The van der Waals surface area contributed by atoms with E-state index < -0.39 is 10.1 Å². The maximum Gasteiger partial charge on any atom is 0.294 e. The van der Waals surface area contributed by atoms with Gasteiger partial charge in [-0.05, 0) is 32.9 Å². The molecule has 0 aliphatic carbocycles. The molecule has 0 fully saturated rings. The maximum absolute atomic E-state index is 11.2. The molecule has 0 saturated heterocycles. The van der Waals surface area contributed by atoms with Crippen molar-refractivity contribution >= 4 is 21.5 Å². The third-order valence-corrected chi connectivity index (χ3v) is 4.71. The molecule has 1 aromatic rings. The van der Waals surface area contributed by atoms with Gasteiger partial charge in [0.1, 0.15) is 6.54 Å². The number of fused-ring (bicyclic) bond motifs is 1. The number of hydrogen-bond acceptors (Lipinski definition) is 2.